The van der Waals surface area contributed by atoms with Crippen LogP contribution in [0.4, 0.5) is 11.5 Å². The lowest BCUT2D eigenvalue weighted by Crippen LogP contribution is -2.47. The molecule has 1 saturated carbocycles. The van der Waals surface area contributed by atoms with Gasteiger partial charge in [-0.3, -0.25) is 0 Å². The standard InChI is InChI=1S/C23H29N5O2S/c1-24-18-15-20(16-18)28-10-8-17-7-9-25-23(22(17)28)27-13-11-26(12-14-27)19-3-5-21(6-4-19)31(2,29)30/h3-10,18,20,24H,11-16H2,1-2H3/t18-,20+. The van der Waals surface area contributed by atoms with Gasteiger partial charge < -0.3 is 19.7 Å². The molecule has 8 heteroatoms. The minimum atomic E-state index is -3.17. The van der Waals surface area contributed by atoms with Crippen molar-refractivity contribution in [3.8, 4) is 0 Å². The van der Waals surface area contributed by atoms with Crippen molar-refractivity contribution in [2.45, 2.75) is 29.8 Å². The Morgan fingerprint density at radius 3 is 2.29 bits per heavy atom. The van der Waals surface area contributed by atoms with Gasteiger partial charge >= 0.3 is 0 Å². The number of rotatable bonds is 5. The average Bonchev–Trinajstić information content (AvgIpc) is 3.17. The number of aromatic nitrogens is 2. The lowest BCUT2D eigenvalue weighted by molar-refractivity contribution is 0.241. The molecule has 0 bridgehead atoms. The summed E-state index contributed by atoms with van der Waals surface area (Å²) >= 11 is 0. The van der Waals surface area contributed by atoms with Gasteiger partial charge in [-0.15, -0.1) is 0 Å². The van der Waals surface area contributed by atoms with Crippen LogP contribution in [-0.2, 0) is 9.84 Å². The Morgan fingerprint density at radius 2 is 1.65 bits per heavy atom. The lowest BCUT2D eigenvalue weighted by Gasteiger charge is -2.39. The van der Waals surface area contributed by atoms with Crippen LogP contribution in [0.15, 0.2) is 53.7 Å². The van der Waals surface area contributed by atoms with E-state index >= 15 is 0 Å². The second-order valence-corrected chi connectivity index (χ2v) is 10.7. The predicted octanol–water partition coefficient (Wildman–Crippen LogP) is 2.69. The van der Waals surface area contributed by atoms with E-state index < -0.39 is 9.84 Å². The zero-order chi connectivity index (χ0) is 21.6. The van der Waals surface area contributed by atoms with Gasteiger partial charge in [-0.1, -0.05) is 0 Å². The van der Waals surface area contributed by atoms with E-state index in [0.29, 0.717) is 17.0 Å². The van der Waals surface area contributed by atoms with E-state index in [1.807, 2.05) is 25.4 Å². The highest BCUT2D eigenvalue weighted by Crippen LogP contribution is 2.37. The first kappa shape index (κ1) is 20.3. The maximum Gasteiger partial charge on any atom is 0.175 e. The average molecular weight is 440 g/mol. The topological polar surface area (TPSA) is 70.5 Å². The smallest absolute Gasteiger partial charge is 0.175 e. The van der Waals surface area contributed by atoms with Crippen LogP contribution in [-0.4, -0.2) is 63.5 Å². The molecule has 5 rings (SSSR count). The van der Waals surface area contributed by atoms with Crippen molar-refractivity contribution >= 4 is 32.2 Å². The van der Waals surface area contributed by atoms with E-state index in [1.54, 1.807) is 12.1 Å². The molecule has 1 saturated heterocycles. The van der Waals surface area contributed by atoms with E-state index in [-0.39, 0.29) is 0 Å². The van der Waals surface area contributed by atoms with Gasteiger partial charge in [0.05, 0.1) is 10.4 Å². The third kappa shape index (κ3) is 3.78. The van der Waals surface area contributed by atoms with E-state index in [0.717, 1.165) is 50.5 Å². The number of nitrogens with one attached hydrogen (secondary N) is 1. The maximum atomic E-state index is 11.7. The molecule has 3 heterocycles. The summed E-state index contributed by atoms with van der Waals surface area (Å²) in [7, 11) is -1.13. The van der Waals surface area contributed by atoms with Crippen molar-refractivity contribution in [3.05, 3.63) is 48.8 Å². The molecule has 31 heavy (non-hydrogen) atoms. The monoisotopic (exact) mass is 439 g/mol. The molecule has 0 radical (unpaired) electrons. The fourth-order valence-corrected chi connectivity index (χ4v) is 5.39. The van der Waals surface area contributed by atoms with Crippen LogP contribution in [0, 0.1) is 0 Å². The summed E-state index contributed by atoms with van der Waals surface area (Å²) in [5.41, 5.74) is 2.31. The van der Waals surface area contributed by atoms with Crippen molar-refractivity contribution in [1.82, 2.24) is 14.9 Å². The molecule has 0 unspecified atom stereocenters. The Labute approximate surface area is 183 Å². The van der Waals surface area contributed by atoms with E-state index in [2.05, 4.69) is 38.0 Å². The van der Waals surface area contributed by atoms with Gasteiger partial charge in [-0.05, 0) is 56.3 Å². The van der Waals surface area contributed by atoms with Gasteiger partial charge in [-0.25, -0.2) is 13.4 Å². The van der Waals surface area contributed by atoms with Crippen LogP contribution in [0.25, 0.3) is 10.9 Å². The highest BCUT2D eigenvalue weighted by molar-refractivity contribution is 7.90. The van der Waals surface area contributed by atoms with Crippen LogP contribution >= 0.6 is 0 Å². The summed E-state index contributed by atoms with van der Waals surface area (Å²) in [5, 5.41) is 4.62. The van der Waals surface area contributed by atoms with Crippen LogP contribution in [0.1, 0.15) is 18.9 Å². The molecule has 3 aromatic rings. The third-order valence-electron chi connectivity index (χ3n) is 6.73. The molecule has 2 aromatic heterocycles. The molecule has 0 atom stereocenters. The predicted molar refractivity (Wildman–Crippen MR) is 125 cm³/mol. The van der Waals surface area contributed by atoms with Crippen molar-refractivity contribution < 1.29 is 8.42 Å². The van der Waals surface area contributed by atoms with E-state index in [1.165, 1.54) is 17.2 Å². The Bertz CT molecular complexity index is 1170. The van der Waals surface area contributed by atoms with Crippen LogP contribution in [0.2, 0.25) is 0 Å². The number of fused-ring (bicyclic) bond motifs is 1. The Kier molecular flexibility index (Phi) is 5.14. The molecule has 0 amide bonds. The number of benzene rings is 1. The minimum Gasteiger partial charge on any atom is -0.368 e. The molecule has 1 aliphatic carbocycles. The lowest BCUT2D eigenvalue weighted by atomic mass is 9.86. The summed E-state index contributed by atoms with van der Waals surface area (Å²) in [6.07, 6.45) is 7.69. The van der Waals surface area contributed by atoms with Gasteiger partial charge in [0, 0.05) is 68.0 Å². The summed E-state index contributed by atoms with van der Waals surface area (Å²) in [6.45, 7) is 3.52. The van der Waals surface area contributed by atoms with Crippen molar-refractivity contribution in [2.75, 3.05) is 49.3 Å². The molecule has 2 aliphatic rings. The second-order valence-electron chi connectivity index (χ2n) is 8.65. The molecule has 2 fully saturated rings. The fourth-order valence-electron chi connectivity index (χ4n) is 4.76. The van der Waals surface area contributed by atoms with Gasteiger partial charge in [0.2, 0.25) is 0 Å². The van der Waals surface area contributed by atoms with Crippen molar-refractivity contribution in [1.29, 1.82) is 0 Å². The van der Waals surface area contributed by atoms with Crippen LogP contribution in [0.3, 0.4) is 0 Å². The summed E-state index contributed by atoms with van der Waals surface area (Å²) in [6, 6.07) is 12.7. The number of nitrogens with zero attached hydrogens (tertiary/aromatic N) is 4. The molecule has 1 N–H and O–H groups in total. The number of sulfone groups is 1. The number of anilines is 2. The first-order valence-electron chi connectivity index (χ1n) is 10.9. The third-order valence-corrected chi connectivity index (χ3v) is 7.86. The molecule has 7 nitrogen and oxygen atoms in total. The zero-order valence-electron chi connectivity index (χ0n) is 18.0. The van der Waals surface area contributed by atoms with Crippen LogP contribution in [0.5, 0.6) is 0 Å². The fraction of sp³-hybridized carbons (Fsp3) is 0.435. The van der Waals surface area contributed by atoms with Gasteiger partial charge in [0.1, 0.15) is 0 Å². The normalized spacial score (nSPS) is 22.0. The largest absolute Gasteiger partial charge is 0.368 e. The quantitative estimate of drug-likeness (QED) is 0.659. The molecule has 1 aliphatic heterocycles. The first-order valence-corrected chi connectivity index (χ1v) is 12.8. The SMILES string of the molecule is CN[C@H]1C[C@@H](n2ccc3ccnc(N4CCN(c5ccc(S(C)(=O)=O)cc5)CC4)c32)C1. The molecular weight excluding hydrogens is 410 g/mol. The van der Waals surface area contributed by atoms with E-state index in [9.17, 15) is 8.42 Å². The highest BCUT2D eigenvalue weighted by Gasteiger charge is 2.31. The first-order chi connectivity index (χ1) is 14.9. The van der Waals surface area contributed by atoms with Gasteiger partial charge in [0.25, 0.3) is 0 Å². The molecule has 0 spiro atoms. The highest BCUT2D eigenvalue weighted by atomic mass is 32.2. The minimum absolute atomic E-state index is 0.364. The second kappa shape index (κ2) is 7.84. The number of hydrogen-bond donors (Lipinski definition) is 1. The number of pyridine rings is 1. The van der Waals surface area contributed by atoms with Crippen molar-refractivity contribution in [3.63, 3.8) is 0 Å². The molecule has 164 valence electrons. The van der Waals surface area contributed by atoms with E-state index in [4.69, 9.17) is 4.98 Å². The van der Waals surface area contributed by atoms with Gasteiger partial charge in [-0.2, -0.15) is 0 Å². The van der Waals surface area contributed by atoms with Crippen LogP contribution < -0.4 is 15.1 Å². The summed E-state index contributed by atoms with van der Waals surface area (Å²) < 4.78 is 25.8. The van der Waals surface area contributed by atoms with Gasteiger partial charge in [0.15, 0.2) is 15.7 Å². The number of hydrogen-bond acceptors (Lipinski definition) is 6. The number of piperazine rings is 1. The summed E-state index contributed by atoms with van der Waals surface area (Å²) in [4.78, 5) is 9.84. The maximum absolute atomic E-state index is 11.7. The Morgan fingerprint density at radius 1 is 0.968 bits per heavy atom. The molecule has 1 aromatic carbocycles. The van der Waals surface area contributed by atoms with Crippen molar-refractivity contribution in [2.24, 2.45) is 0 Å². The molecular formula is C23H29N5O2S. The summed E-state index contributed by atoms with van der Waals surface area (Å²) in [5.74, 6) is 1.07. The Hall–Kier alpha value is -2.58. The Balaban J connectivity index is 1.33. The zero-order valence-corrected chi connectivity index (χ0v) is 18.8.